The molecule has 0 aliphatic carbocycles. The first-order valence-corrected chi connectivity index (χ1v) is 7.03. The van der Waals surface area contributed by atoms with E-state index in [1.54, 1.807) is 42.5 Å². The molecule has 3 rings (SSSR count). The van der Waals surface area contributed by atoms with Crippen LogP contribution in [-0.2, 0) is 6.18 Å². The standard InChI is InChI=1S/C16H11ClF3N3/c17-12-9-5-4-8-11(12)13-14(16(18,19)20)22-23(15(13)21)10-6-2-1-3-7-10/h1-9H,21H2. The number of benzene rings is 2. The molecule has 0 bridgehead atoms. The normalized spacial score (nSPS) is 11.7. The van der Waals surface area contributed by atoms with Crippen LogP contribution in [0.5, 0.6) is 0 Å². The summed E-state index contributed by atoms with van der Waals surface area (Å²) in [6, 6.07) is 14.6. The summed E-state index contributed by atoms with van der Waals surface area (Å²) in [6.07, 6.45) is -4.65. The largest absolute Gasteiger partial charge is 0.435 e. The summed E-state index contributed by atoms with van der Waals surface area (Å²) < 4.78 is 41.3. The number of hydrogen-bond acceptors (Lipinski definition) is 2. The zero-order valence-corrected chi connectivity index (χ0v) is 12.4. The Hall–Kier alpha value is -2.47. The van der Waals surface area contributed by atoms with E-state index >= 15 is 0 Å². The molecule has 1 aromatic heterocycles. The number of alkyl halides is 3. The summed E-state index contributed by atoms with van der Waals surface area (Å²) >= 11 is 6.05. The minimum absolute atomic E-state index is 0.114. The summed E-state index contributed by atoms with van der Waals surface area (Å²) in [5.74, 6) is -0.114. The van der Waals surface area contributed by atoms with Gasteiger partial charge in [-0.05, 0) is 18.2 Å². The van der Waals surface area contributed by atoms with Crippen molar-refractivity contribution in [2.24, 2.45) is 0 Å². The van der Waals surface area contributed by atoms with Gasteiger partial charge in [-0.3, -0.25) is 0 Å². The van der Waals surface area contributed by atoms with Gasteiger partial charge in [0.1, 0.15) is 5.82 Å². The Morgan fingerprint density at radius 3 is 2.17 bits per heavy atom. The van der Waals surface area contributed by atoms with Gasteiger partial charge in [-0.25, -0.2) is 4.68 Å². The maximum absolute atomic E-state index is 13.4. The third-order valence-corrected chi connectivity index (χ3v) is 3.66. The molecule has 0 fully saturated rings. The van der Waals surface area contributed by atoms with Crippen LogP contribution in [0, 0.1) is 0 Å². The van der Waals surface area contributed by atoms with E-state index < -0.39 is 11.9 Å². The Morgan fingerprint density at radius 1 is 0.957 bits per heavy atom. The van der Waals surface area contributed by atoms with E-state index in [-0.39, 0.29) is 22.0 Å². The Labute approximate surface area is 135 Å². The molecule has 7 heteroatoms. The van der Waals surface area contributed by atoms with Crippen LogP contribution in [0.25, 0.3) is 16.8 Å². The molecule has 0 unspecified atom stereocenters. The number of para-hydroxylation sites is 1. The monoisotopic (exact) mass is 337 g/mol. The van der Waals surface area contributed by atoms with E-state index in [9.17, 15) is 13.2 Å². The van der Waals surface area contributed by atoms with Gasteiger partial charge in [0.15, 0.2) is 5.69 Å². The maximum atomic E-state index is 13.4. The zero-order valence-electron chi connectivity index (χ0n) is 11.7. The molecule has 2 N–H and O–H groups in total. The first-order chi connectivity index (χ1) is 10.9. The van der Waals surface area contributed by atoms with E-state index in [4.69, 9.17) is 17.3 Å². The quantitative estimate of drug-likeness (QED) is 0.730. The number of nitrogens with two attached hydrogens (primary N) is 1. The van der Waals surface area contributed by atoms with Crippen molar-refractivity contribution in [2.75, 3.05) is 5.73 Å². The first kappa shape index (κ1) is 15.4. The van der Waals surface area contributed by atoms with E-state index in [1.807, 2.05) is 0 Å². The lowest BCUT2D eigenvalue weighted by Crippen LogP contribution is -2.08. The summed E-state index contributed by atoms with van der Waals surface area (Å²) in [6.45, 7) is 0. The van der Waals surface area contributed by atoms with Crippen LogP contribution in [0.15, 0.2) is 54.6 Å². The summed E-state index contributed by atoms with van der Waals surface area (Å²) in [4.78, 5) is 0. The second-order valence-electron chi connectivity index (χ2n) is 4.83. The molecule has 0 radical (unpaired) electrons. The van der Waals surface area contributed by atoms with Gasteiger partial charge in [-0.15, -0.1) is 0 Å². The van der Waals surface area contributed by atoms with Gasteiger partial charge in [0, 0.05) is 10.6 Å². The maximum Gasteiger partial charge on any atom is 0.435 e. The minimum atomic E-state index is -4.65. The van der Waals surface area contributed by atoms with Crippen LogP contribution in [0.3, 0.4) is 0 Å². The van der Waals surface area contributed by atoms with Gasteiger partial charge in [0.05, 0.1) is 11.3 Å². The van der Waals surface area contributed by atoms with Gasteiger partial charge in [0.2, 0.25) is 0 Å². The van der Waals surface area contributed by atoms with Crippen molar-refractivity contribution in [3.8, 4) is 16.8 Å². The van der Waals surface area contributed by atoms with Gasteiger partial charge in [-0.1, -0.05) is 48.0 Å². The molecule has 23 heavy (non-hydrogen) atoms. The van der Waals surface area contributed by atoms with E-state index in [1.165, 1.54) is 12.1 Å². The number of hydrogen-bond donors (Lipinski definition) is 1. The second-order valence-corrected chi connectivity index (χ2v) is 5.24. The van der Waals surface area contributed by atoms with Crippen molar-refractivity contribution in [3.05, 3.63) is 65.3 Å². The highest BCUT2D eigenvalue weighted by molar-refractivity contribution is 6.33. The lowest BCUT2D eigenvalue weighted by Gasteiger charge is -2.08. The number of aromatic nitrogens is 2. The lowest BCUT2D eigenvalue weighted by molar-refractivity contribution is -0.140. The molecular formula is C16H11ClF3N3. The average molecular weight is 338 g/mol. The van der Waals surface area contributed by atoms with E-state index in [2.05, 4.69) is 5.10 Å². The Bertz CT molecular complexity index is 842. The Kier molecular flexibility index (Phi) is 3.77. The SMILES string of the molecule is Nc1c(-c2ccccc2Cl)c(C(F)(F)F)nn1-c1ccccc1. The van der Waals surface area contributed by atoms with E-state index in [0.29, 0.717) is 5.69 Å². The zero-order chi connectivity index (χ0) is 16.6. The predicted molar refractivity (Wildman–Crippen MR) is 83.4 cm³/mol. The van der Waals surface area contributed by atoms with Crippen LogP contribution in [-0.4, -0.2) is 9.78 Å². The lowest BCUT2D eigenvalue weighted by atomic mass is 10.1. The summed E-state index contributed by atoms with van der Waals surface area (Å²) in [7, 11) is 0. The number of nitrogens with zero attached hydrogens (tertiary/aromatic N) is 2. The molecule has 0 aliphatic heterocycles. The summed E-state index contributed by atoms with van der Waals surface area (Å²) in [5.41, 5.74) is 5.33. The van der Waals surface area contributed by atoms with Gasteiger partial charge < -0.3 is 5.73 Å². The molecule has 0 saturated carbocycles. The van der Waals surface area contributed by atoms with Crippen molar-refractivity contribution in [3.63, 3.8) is 0 Å². The molecule has 0 atom stereocenters. The first-order valence-electron chi connectivity index (χ1n) is 6.65. The molecule has 118 valence electrons. The molecule has 3 nitrogen and oxygen atoms in total. The fraction of sp³-hybridized carbons (Fsp3) is 0.0625. The van der Waals surface area contributed by atoms with Crippen LogP contribution >= 0.6 is 11.6 Å². The van der Waals surface area contributed by atoms with Gasteiger partial charge in [0.25, 0.3) is 0 Å². The van der Waals surface area contributed by atoms with Gasteiger partial charge in [-0.2, -0.15) is 18.3 Å². The number of anilines is 1. The second kappa shape index (κ2) is 5.62. The topological polar surface area (TPSA) is 43.8 Å². The van der Waals surface area contributed by atoms with Crippen molar-refractivity contribution in [1.82, 2.24) is 9.78 Å². The smallest absolute Gasteiger partial charge is 0.383 e. The number of rotatable bonds is 2. The highest BCUT2D eigenvalue weighted by Crippen LogP contribution is 2.42. The van der Waals surface area contributed by atoms with Crippen molar-refractivity contribution in [1.29, 1.82) is 0 Å². The fourth-order valence-electron chi connectivity index (χ4n) is 2.33. The molecule has 0 aliphatic rings. The van der Waals surface area contributed by atoms with Gasteiger partial charge >= 0.3 is 6.18 Å². The molecule has 0 saturated heterocycles. The Morgan fingerprint density at radius 2 is 1.57 bits per heavy atom. The molecule has 0 spiro atoms. The van der Waals surface area contributed by atoms with Crippen LogP contribution in [0.2, 0.25) is 5.02 Å². The minimum Gasteiger partial charge on any atom is -0.383 e. The predicted octanol–water partition coefficient (Wildman–Crippen LogP) is 4.79. The molecule has 0 amide bonds. The molecular weight excluding hydrogens is 327 g/mol. The van der Waals surface area contributed by atoms with Crippen molar-refractivity contribution in [2.45, 2.75) is 6.18 Å². The van der Waals surface area contributed by atoms with Crippen molar-refractivity contribution >= 4 is 17.4 Å². The third-order valence-electron chi connectivity index (χ3n) is 3.33. The summed E-state index contributed by atoms with van der Waals surface area (Å²) in [5, 5.41) is 3.85. The number of halogens is 4. The third kappa shape index (κ3) is 2.77. The van der Waals surface area contributed by atoms with Crippen LogP contribution in [0.4, 0.5) is 19.0 Å². The average Bonchev–Trinajstić information content (AvgIpc) is 2.86. The van der Waals surface area contributed by atoms with Crippen LogP contribution < -0.4 is 5.73 Å². The van der Waals surface area contributed by atoms with E-state index in [0.717, 1.165) is 4.68 Å². The highest BCUT2D eigenvalue weighted by Gasteiger charge is 2.40. The van der Waals surface area contributed by atoms with Crippen molar-refractivity contribution < 1.29 is 13.2 Å². The fourth-order valence-corrected chi connectivity index (χ4v) is 2.56. The Balaban J connectivity index is 2.31. The molecule has 1 heterocycles. The highest BCUT2D eigenvalue weighted by atomic mass is 35.5. The van der Waals surface area contributed by atoms with Crippen LogP contribution in [0.1, 0.15) is 5.69 Å². The molecule has 2 aromatic carbocycles. The molecule has 3 aromatic rings. The number of nitrogen functional groups attached to an aromatic ring is 1.